The number of hydrogen-bond donors (Lipinski definition) is 1. The highest BCUT2D eigenvalue weighted by atomic mass is 16.3. The molecule has 1 fully saturated rings. The van der Waals surface area contributed by atoms with Crippen molar-refractivity contribution in [3.63, 3.8) is 0 Å². The van der Waals surface area contributed by atoms with E-state index < -0.39 is 12.1 Å². The molecule has 0 bridgehead atoms. The third-order valence-electron chi connectivity index (χ3n) is 5.56. The van der Waals surface area contributed by atoms with E-state index in [2.05, 4.69) is 29.3 Å². The summed E-state index contributed by atoms with van der Waals surface area (Å²) in [6.07, 6.45) is 7.27. The van der Waals surface area contributed by atoms with Crippen molar-refractivity contribution in [2.45, 2.75) is 37.3 Å². The number of pyridine rings is 1. The molecule has 1 amide bonds. The molecule has 1 N–H and O–H groups in total. The highest BCUT2D eigenvalue weighted by molar-refractivity contribution is 5.94. The van der Waals surface area contributed by atoms with E-state index in [0.717, 1.165) is 18.4 Å². The van der Waals surface area contributed by atoms with Crippen molar-refractivity contribution < 1.29 is 9.90 Å². The van der Waals surface area contributed by atoms with Gasteiger partial charge in [0.05, 0.1) is 18.7 Å². The van der Waals surface area contributed by atoms with Gasteiger partial charge in [-0.15, -0.1) is 0 Å². The number of nitrogens with zero attached hydrogens (tertiary/aromatic N) is 3. The Morgan fingerprint density at radius 3 is 2.67 bits per heavy atom. The highest BCUT2D eigenvalue weighted by Gasteiger charge is 2.52. The van der Waals surface area contributed by atoms with Crippen LogP contribution >= 0.6 is 0 Å². The first-order chi connectivity index (χ1) is 13.2. The average molecular weight is 359 g/mol. The highest BCUT2D eigenvalue weighted by Crippen LogP contribution is 2.41. The van der Waals surface area contributed by atoms with Gasteiger partial charge in [-0.3, -0.25) is 9.78 Å². The normalized spacial score (nSPS) is 24.1. The first-order valence-electron chi connectivity index (χ1n) is 9.28. The van der Waals surface area contributed by atoms with Crippen molar-refractivity contribution in [1.29, 1.82) is 5.26 Å². The van der Waals surface area contributed by atoms with Crippen LogP contribution in [-0.4, -0.2) is 39.6 Å². The molecule has 2 aromatic rings. The van der Waals surface area contributed by atoms with Crippen LogP contribution in [0.15, 0.2) is 54.7 Å². The molecule has 1 aliphatic carbocycles. The smallest absolute Gasteiger partial charge is 0.273 e. The van der Waals surface area contributed by atoms with E-state index in [0.29, 0.717) is 0 Å². The standard InChI is InChI=1S/C22H21N3O2/c23-13-19-21(17-10-8-16(9-11-17)15-5-1-2-6-15)20(14-26)25(19)22(27)18-7-3-4-12-24-18/h3-5,7-12,19-21,26H,1-2,6,14H2/t19-,20+,21+/m1/s1. The van der Waals surface area contributed by atoms with Crippen LogP contribution in [0.3, 0.4) is 0 Å². The summed E-state index contributed by atoms with van der Waals surface area (Å²) in [4.78, 5) is 18.3. The maximum atomic E-state index is 12.8. The molecule has 0 radical (unpaired) electrons. The monoisotopic (exact) mass is 359 g/mol. The summed E-state index contributed by atoms with van der Waals surface area (Å²) in [7, 11) is 0. The fourth-order valence-corrected chi connectivity index (χ4v) is 4.16. The van der Waals surface area contributed by atoms with E-state index in [4.69, 9.17) is 0 Å². The van der Waals surface area contributed by atoms with Gasteiger partial charge in [-0.2, -0.15) is 5.26 Å². The molecule has 4 rings (SSSR count). The van der Waals surface area contributed by atoms with E-state index in [9.17, 15) is 15.2 Å². The maximum absolute atomic E-state index is 12.8. The van der Waals surface area contributed by atoms with Gasteiger partial charge in [0, 0.05) is 12.1 Å². The zero-order valence-corrected chi connectivity index (χ0v) is 15.0. The second kappa shape index (κ2) is 7.34. The molecule has 136 valence electrons. The van der Waals surface area contributed by atoms with Crippen LogP contribution < -0.4 is 0 Å². The molecule has 1 saturated heterocycles. The maximum Gasteiger partial charge on any atom is 0.273 e. The van der Waals surface area contributed by atoms with Gasteiger partial charge in [0.2, 0.25) is 0 Å². The lowest BCUT2D eigenvalue weighted by Crippen LogP contribution is -2.65. The molecular weight excluding hydrogens is 338 g/mol. The van der Waals surface area contributed by atoms with Crippen molar-refractivity contribution in [1.82, 2.24) is 9.88 Å². The Morgan fingerprint density at radius 1 is 1.26 bits per heavy atom. The van der Waals surface area contributed by atoms with Crippen molar-refractivity contribution in [2.75, 3.05) is 6.61 Å². The Kier molecular flexibility index (Phi) is 4.74. The zero-order valence-electron chi connectivity index (χ0n) is 15.0. The third kappa shape index (κ3) is 3.02. The summed E-state index contributed by atoms with van der Waals surface area (Å²) in [6.45, 7) is -0.186. The Bertz CT molecular complexity index is 899. The number of hydrogen-bond acceptors (Lipinski definition) is 4. The molecule has 3 atom stereocenters. The van der Waals surface area contributed by atoms with Gasteiger partial charge in [0.25, 0.3) is 5.91 Å². The number of carbonyl (C=O) groups excluding carboxylic acids is 1. The number of aliphatic hydroxyl groups excluding tert-OH is 1. The first-order valence-corrected chi connectivity index (χ1v) is 9.28. The van der Waals surface area contributed by atoms with Gasteiger partial charge in [0.15, 0.2) is 0 Å². The molecule has 1 aromatic heterocycles. The summed E-state index contributed by atoms with van der Waals surface area (Å²) in [5.74, 6) is -0.510. The van der Waals surface area contributed by atoms with Gasteiger partial charge in [-0.1, -0.05) is 36.4 Å². The SMILES string of the molecule is N#C[C@@H]1[C@H](c2ccc(C3=CCCC3)cc2)[C@H](CO)N1C(=O)c1ccccn1. The third-order valence-corrected chi connectivity index (χ3v) is 5.56. The number of allylic oxidation sites excluding steroid dienone is 2. The van der Waals surface area contributed by atoms with Crippen LogP contribution in [0.25, 0.3) is 5.57 Å². The molecule has 0 saturated carbocycles. The fourth-order valence-electron chi connectivity index (χ4n) is 4.16. The predicted molar refractivity (Wildman–Crippen MR) is 102 cm³/mol. The van der Waals surface area contributed by atoms with Gasteiger partial charge in [0.1, 0.15) is 11.7 Å². The van der Waals surface area contributed by atoms with Crippen LogP contribution in [-0.2, 0) is 0 Å². The number of benzene rings is 1. The summed E-state index contributed by atoms with van der Waals surface area (Å²) >= 11 is 0. The van der Waals surface area contributed by atoms with Crippen LogP contribution in [0.5, 0.6) is 0 Å². The summed E-state index contributed by atoms with van der Waals surface area (Å²) in [6, 6.07) is 14.5. The largest absolute Gasteiger partial charge is 0.394 e. The number of rotatable bonds is 4. The van der Waals surface area contributed by atoms with Crippen molar-refractivity contribution in [3.05, 3.63) is 71.6 Å². The number of amides is 1. The van der Waals surface area contributed by atoms with Crippen LogP contribution in [0.4, 0.5) is 0 Å². The number of carbonyl (C=O) groups is 1. The van der Waals surface area contributed by atoms with Crippen LogP contribution in [0.2, 0.25) is 0 Å². The lowest BCUT2D eigenvalue weighted by Gasteiger charge is -2.51. The fraction of sp³-hybridized carbons (Fsp3) is 0.318. The molecule has 1 aliphatic heterocycles. The molecular formula is C22H21N3O2. The lowest BCUT2D eigenvalue weighted by atomic mass is 9.75. The van der Waals surface area contributed by atoms with Crippen molar-refractivity contribution in [2.24, 2.45) is 0 Å². The lowest BCUT2D eigenvalue weighted by molar-refractivity contribution is -0.00629. The number of aromatic nitrogens is 1. The molecule has 5 nitrogen and oxygen atoms in total. The molecule has 27 heavy (non-hydrogen) atoms. The number of aliphatic hydroxyl groups is 1. The Labute approximate surface area is 158 Å². The van der Waals surface area contributed by atoms with E-state index >= 15 is 0 Å². The first kappa shape index (κ1) is 17.4. The van der Waals surface area contributed by atoms with Gasteiger partial charge < -0.3 is 10.0 Å². The minimum absolute atomic E-state index is 0.186. The van der Waals surface area contributed by atoms with E-state index in [-0.39, 0.29) is 24.1 Å². The average Bonchev–Trinajstić information content (AvgIpc) is 3.24. The van der Waals surface area contributed by atoms with E-state index in [1.807, 2.05) is 12.1 Å². The quantitative estimate of drug-likeness (QED) is 0.910. The Hall–Kier alpha value is -2.97. The minimum Gasteiger partial charge on any atom is -0.394 e. The summed E-state index contributed by atoms with van der Waals surface area (Å²) < 4.78 is 0. The predicted octanol–water partition coefficient (Wildman–Crippen LogP) is 3.14. The van der Waals surface area contributed by atoms with Gasteiger partial charge >= 0.3 is 0 Å². The molecule has 2 heterocycles. The molecule has 0 spiro atoms. The second-order valence-electron chi connectivity index (χ2n) is 7.02. The molecule has 5 heteroatoms. The molecule has 1 aromatic carbocycles. The number of likely N-dealkylation sites (tertiary alicyclic amines) is 1. The summed E-state index contributed by atoms with van der Waals surface area (Å²) in [5.41, 5.74) is 3.86. The zero-order chi connectivity index (χ0) is 18.8. The second-order valence-corrected chi connectivity index (χ2v) is 7.02. The van der Waals surface area contributed by atoms with Gasteiger partial charge in [-0.25, -0.2) is 0 Å². The van der Waals surface area contributed by atoms with Crippen LogP contribution in [0, 0.1) is 11.3 Å². The van der Waals surface area contributed by atoms with Crippen LogP contribution in [0.1, 0.15) is 46.8 Å². The van der Waals surface area contributed by atoms with Gasteiger partial charge in [-0.05, 0) is 48.1 Å². The van der Waals surface area contributed by atoms with Crippen molar-refractivity contribution >= 4 is 11.5 Å². The summed E-state index contributed by atoms with van der Waals surface area (Å²) in [5, 5.41) is 19.6. The number of nitriles is 1. The molecule has 0 unspecified atom stereocenters. The topological polar surface area (TPSA) is 77.2 Å². The molecule has 2 aliphatic rings. The van der Waals surface area contributed by atoms with E-state index in [1.165, 1.54) is 22.5 Å². The Balaban J connectivity index is 1.58. The van der Waals surface area contributed by atoms with E-state index in [1.54, 1.807) is 24.4 Å². The minimum atomic E-state index is -0.604. The van der Waals surface area contributed by atoms with Crippen molar-refractivity contribution in [3.8, 4) is 6.07 Å². The Morgan fingerprint density at radius 2 is 2.07 bits per heavy atom.